The molecular weight excluding hydrogens is 342 g/mol. The fourth-order valence-electron chi connectivity index (χ4n) is 2.70. The molecule has 0 fully saturated rings. The van der Waals surface area contributed by atoms with E-state index in [2.05, 4.69) is 4.98 Å². The van der Waals surface area contributed by atoms with E-state index in [4.69, 9.17) is 4.74 Å². The van der Waals surface area contributed by atoms with Crippen LogP contribution in [0.3, 0.4) is 0 Å². The van der Waals surface area contributed by atoms with Gasteiger partial charge in [0.15, 0.2) is 10.8 Å². The lowest BCUT2D eigenvalue weighted by Crippen LogP contribution is -2.03. The lowest BCUT2D eigenvalue weighted by Gasteiger charge is -2.07. The predicted octanol–water partition coefficient (Wildman–Crippen LogP) is 5.30. The third-order valence-electron chi connectivity index (χ3n) is 4.07. The Balaban J connectivity index is 1.39. The van der Waals surface area contributed by atoms with E-state index in [0.717, 1.165) is 27.1 Å². The third-order valence-corrected chi connectivity index (χ3v) is 5.15. The van der Waals surface area contributed by atoms with Crippen molar-refractivity contribution in [1.82, 2.24) is 4.98 Å². The number of carbonyl (C=O) groups excluding carboxylic acids is 1. The van der Waals surface area contributed by atoms with Crippen LogP contribution >= 0.6 is 11.3 Å². The molecule has 1 heterocycles. The van der Waals surface area contributed by atoms with Gasteiger partial charge in [0.1, 0.15) is 12.4 Å². The smallest absolute Gasteiger partial charge is 0.195 e. The lowest BCUT2D eigenvalue weighted by molar-refractivity contribution is 0.0993. The van der Waals surface area contributed by atoms with Crippen molar-refractivity contribution in [3.05, 3.63) is 95.0 Å². The van der Waals surface area contributed by atoms with Crippen molar-refractivity contribution in [2.75, 3.05) is 0 Å². The molecule has 0 bridgehead atoms. The summed E-state index contributed by atoms with van der Waals surface area (Å²) in [6.07, 6.45) is 0.346. The Hall–Kier alpha value is -2.98. The summed E-state index contributed by atoms with van der Waals surface area (Å²) < 4.78 is 6.82. The van der Waals surface area contributed by atoms with Crippen LogP contribution in [0.1, 0.15) is 20.9 Å². The number of fused-ring (bicyclic) bond motifs is 1. The van der Waals surface area contributed by atoms with E-state index in [1.165, 1.54) is 11.3 Å². The van der Waals surface area contributed by atoms with Crippen LogP contribution in [-0.4, -0.2) is 10.8 Å². The molecule has 26 heavy (non-hydrogen) atoms. The largest absolute Gasteiger partial charge is 0.489 e. The van der Waals surface area contributed by atoms with Gasteiger partial charge in [0, 0.05) is 6.42 Å². The van der Waals surface area contributed by atoms with Gasteiger partial charge in [0.05, 0.1) is 10.2 Å². The maximum Gasteiger partial charge on any atom is 0.195 e. The van der Waals surface area contributed by atoms with Crippen LogP contribution < -0.4 is 4.74 Å². The molecule has 4 heteroatoms. The van der Waals surface area contributed by atoms with Crippen molar-refractivity contribution in [3.63, 3.8) is 0 Å². The first kappa shape index (κ1) is 16.5. The monoisotopic (exact) mass is 359 g/mol. The molecule has 0 aliphatic carbocycles. The predicted molar refractivity (Wildman–Crippen MR) is 105 cm³/mol. The molecule has 0 N–H and O–H groups in total. The number of Topliss-reactive ketones (excluding diaryl/α,β-unsaturated/α-hetero) is 1. The molecule has 3 aromatic carbocycles. The highest BCUT2D eigenvalue weighted by molar-refractivity contribution is 7.20. The van der Waals surface area contributed by atoms with Gasteiger partial charge in [-0.05, 0) is 35.4 Å². The van der Waals surface area contributed by atoms with Gasteiger partial charge in [0.2, 0.25) is 0 Å². The standard InChI is InChI=1S/C22H17NO2S/c24-20(22-23-19-8-4-5-9-21(19)26-22)14-16-10-12-18(13-11-16)25-15-17-6-2-1-3-7-17/h1-13H,14-15H2. The minimum absolute atomic E-state index is 0.0455. The third kappa shape index (κ3) is 3.81. The number of benzene rings is 3. The number of thiazole rings is 1. The fourth-order valence-corrected chi connectivity index (χ4v) is 3.60. The highest BCUT2D eigenvalue weighted by Gasteiger charge is 2.12. The molecule has 0 unspecified atom stereocenters. The van der Waals surface area contributed by atoms with Gasteiger partial charge in [-0.3, -0.25) is 4.79 Å². The average molecular weight is 359 g/mol. The second-order valence-corrected chi connectivity index (χ2v) is 7.04. The van der Waals surface area contributed by atoms with Crippen molar-refractivity contribution >= 4 is 27.3 Å². The number of rotatable bonds is 6. The number of para-hydroxylation sites is 1. The topological polar surface area (TPSA) is 39.2 Å². The quantitative estimate of drug-likeness (QED) is 0.439. The number of hydrogen-bond acceptors (Lipinski definition) is 4. The van der Waals surface area contributed by atoms with Gasteiger partial charge in [-0.1, -0.05) is 54.6 Å². The van der Waals surface area contributed by atoms with E-state index >= 15 is 0 Å². The van der Waals surface area contributed by atoms with Gasteiger partial charge < -0.3 is 4.74 Å². The summed E-state index contributed by atoms with van der Waals surface area (Å²) in [5.74, 6) is 0.842. The van der Waals surface area contributed by atoms with Crippen molar-refractivity contribution < 1.29 is 9.53 Å². The molecule has 0 saturated carbocycles. The first-order chi connectivity index (χ1) is 12.8. The summed E-state index contributed by atoms with van der Waals surface area (Å²) in [4.78, 5) is 16.9. The zero-order valence-electron chi connectivity index (χ0n) is 14.1. The highest BCUT2D eigenvalue weighted by Crippen LogP contribution is 2.23. The van der Waals surface area contributed by atoms with Gasteiger partial charge in [-0.15, -0.1) is 11.3 Å². The molecule has 0 radical (unpaired) electrons. The Morgan fingerprint density at radius 1 is 0.846 bits per heavy atom. The first-order valence-electron chi connectivity index (χ1n) is 8.42. The van der Waals surface area contributed by atoms with Gasteiger partial charge >= 0.3 is 0 Å². The number of nitrogens with zero attached hydrogens (tertiary/aromatic N) is 1. The Morgan fingerprint density at radius 3 is 2.35 bits per heavy atom. The zero-order chi connectivity index (χ0) is 17.8. The van der Waals surface area contributed by atoms with Crippen LogP contribution in [0.15, 0.2) is 78.9 Å². The highest BCUT2D eigenvalue weighted by atomic mass is 32.1. The number of ether oxygens (including phenoxy) is 1. The summed E-state index contributed by atoms with van der Waals surface area (Å²) in [7, 11) is 0. The van der Waals surface area contributed by atoms with Crippen LogP contribution in [0.4, 0.5) is 0 Å². The minimum atomic E-state index is 0.0455. The molecule has 0 aliphatic rings. The van der Waals surface area contributed by atoms with E-state index < -0.39 is 0 Å². The van der Waals surface area contributed by atoms with E-state index in [9.17, 15) is 4.79 Å². The van der Waals surface area contributed by atoms with Gasteiger partial charge in [-0.2, -0.15) is 0 Å². The Bertz CT molecular complexity index is 990. The number of ketones is 1. The van der Waals surface area contributed by atoms with Crippen molar-refractivity contribution in [3.8, 4) is 5.75 Å². The lowest BCUT2D eigenvalue weighted by atomic mass is 10.1. The van der Waals surface area contributed by atoms with E-state index in [-0.39, 0.29) is 5.78 Å². The molecule has 1 aromatic heterocycles. The SMILES string of the molecule is O=C(Cc1ccc(OCc2ccccc2)cc1)c1nc2ccccc2s1. The second kappa shape index (κ2) is 7.50. The van der Waals surface area contributed by atoms with E-state index in [1.807, 2.05) is 78.9 Å². The molecule has 0 spiro atoms. The Morgan fingerprint density at radius 2 is 1.58 bits per heavy atom. The van der Waals surface area contributed by atoms with Crippen LogP contribution in [0.25, 0.3) is 10.2 Å². The molecular formula is C22H17NO2S. The fraction of sp³-hybridized carbons (Fsp3) is 0.0909. The summed E-state index contributed by atoms with van der Waals surface area (Å²) in [6, 6.07) is 25.5. The Kier molecular flexibility index (Phi) is 4.75. The van der Waals surface area contributed by atoms with Gasteiger partial charge in [-0.25, -0.2) is 4.98 Å². The first-order valence-corrected chi connectivity index (χ1v) is 9.24. The molecule has 3 nitrogen and oxygen atoms in total. The average Bonchev–Trinajstić information content (AvgIpc) is 3.13. The number of hydrogen-bond donors (Lipinski definition) is 0. The molecule has 4 aromatic rings. The van der Waals surface area contributed by atoms with E-state index in [0.29, 0.717) is 18.0 Å². The molecule has 4 rings (SSSR count). The summed E-state index contributed by atoms with van der Waals surface area (Å²) >= 11 is 1.45. The summed E-state index contributed by atoms with van der Waals surface area (Å²) in [5.41, 5.74) is 2.97. The molecule has 0 amide bonds. The number of aromatic nitrogens is 1. The molecule has 0 saturated heterocycles. The van der Waals surface area contributed by atoms with Crippen LogP contribution in [0, 0.1) is 0 Å². The maximum atomic E-state index is 12.5. The molecule has 0 aliphatic heterocycles. The Labute approximate surface area is 155 Å². The second-order valence-electron chi connectivity index (χ2n) is 6.00. The summed E-state index contributed by atoms with van der Waals surface area (Å²) in [6.45, 7) is 0.533. The molecule has 128 valence electrons. The van der Waals surface area contributed by atoms with E-state index in [1.54, 1.807) is 0 Å². The maximum absolute atomic E-state index is 12.5. The molecule has 0 atom stereocenters. The van der Waals surface area contributed by atoms with Crippen LogP contribution in [0.5, 0.6) is 5.75 Å². The van der Waals surface area contributed by atoms with Crippen molar-refractivity contribution in [1.29, 1.82) is 0 Å². The van der Waals surface area contributed by atoms with Crippen LogP contribution in [-0.2, 0) is 13.0 Å². The summed E-state index contributed by atoms with van der Waals surface area (Å²) in [5, 5.41) is 0.565. The number of carbonyl (C=O) groups is 1. The zero-order valence-corrected chi connectivity index (χ0v) is 14.9. The minimum Gasteiger partial charge on any atom is -0.489 e. The van der Waals surface area contributed by atoms with Gasteiger partial charge in [0.25, 0.3) is 0 Å². The van der Waals surface area contributed by atoms with Crippen molar-refractivity contribution in [2.24, 2.45) is 0 Å². The normalized spacial score (nSPS) is 10.8. The van der Waals surface area contributed by atoms with Crippen molar-refractivity contribution in [2.45, 2.75) is 13.0 Å². The van der Waals surface area contributed by atoms with Crippen LogP contribution in [0.2, 0.25) is 0 Å².